The van der Waals surface area contributed by atoms with Crippen molar-refractivity contribution in [2.75, 3.05) is 13.7 Å². The third-order valence-corrected chi connectivity index (χ3v) is 4.44. The van der Waals surface area contributed by atoms with Gasteiger partial charge in [0.25, 0.3) is 5.91 Å². The van der Waals surface area contributed by atoms with E-state index >= 15 is 0 Å². The summed E-state index contributed by atoms with van der Waals surface area (Å²) in [5.74, 6) is 0.219. The first kappa shape index (κ1) is 20.5. The van der Waals surface area contributed by atoms with E-state index in [-0.39, 0.29) is 18.4 Å². The van der Waals surface area contributed by atoms with Crippen molar-refractivity contribution in [2.24, 2.45) is 0 Å². The minimum atomic E-state index is -0.591. The number of carbonyl (C=O) groups excluding carboxylic acids is 2. The normalized spacial score (nSPS) is 11.6. The molecule has 0 aliphatic carbocycles. The van der Waals surface area contributed by atoms with Gasteiger partial charge in [0.1, 0.15) is 11.8 Å². The molecule has 2 aromatic rings. The molecule has 0 aromatic heterocycles. The van der Waals surface area contributed by atoms with Crippen LogP contribution in [0.2, 0.25) is 0 Å². The van der Waals surface area contributed by atoms with Crippen molar-refractivity contribution in [3.63, 3.8) is 0 Å². The first-order valence-electron chi connectivity index (χ1n) is 9.08. The van der Waals surface area contributed by atoms with Gasteiger partial charge in [-0.25, -0.2) is 0 Å². The molecule has 27 heavy (non-hydrogen) atoms. The molecule has 0 saturated carbocycles. The molecule has 0 unspecified atom stereocenters. The van der Waals surface area contributed by atoms with Gasteiger partial charge < -0.3 is 15.0 Å². The Morgan fingerprint density at radius 1 is 1.00 bits per heavy atom. The molecule has 5 heteroatoms. The maximum atomic E-state index is 12.8. The molecule has 0 saturated heterocycles. The summed E-state index contributed by atoms with van der Waals surface area (Å²) in [5, 5.41) is 2.61. The van der Waals surface area contributed by atoms with Gasteiger partial charge in [-0.3, -0.25) is 9.59 Å². The summed E-state index contributed by atoms with van der Waals surface area (Å²) in [5.41, 5.74) is 4.27. The fourth-order valence-electron chi connectivity index (χ4n) is 2.93. The number of nitrogens with zero attached hydrogens (tertiary/aromatic N) is 1. The molecular formula is C22H28N2O3. The highest BCUT2D eigenvalue weighted by molar-refractivity contribution is 5.87. The van der Waals surface area contributed by atoms with Gasteiger partial charge >= 0.3 is 0 Å². The summed E-state index contributed by atoms with van der Waals surface area (Å²) in [6.45, 7) is 7.94. The highest BCUT2D eigenvalue weighted by Gasteiger charge is 2.25. The zero-order valence-electron chi connectivity index (χ0n) is 16.7. The van der Waals surface area contributed by atoms with E-state index in [0.717, 1.165) is 22.3 Å². The summed E-state index contributed by atoms with van der Waals surface area (Å²) in [6, 6.07) is 13.2. The van der Waals surface area contributed by atoms with Crippen LogP contribution in [0, 0.1) is 20.8 Å². The predicted octanol–water partition coefficient (Wildman–Crippen LogP) is 3.15. The number of aryl methyl sites for hydroxylation is 3. The molecule has 0 radical (unpaired) electrons. The van der Waals surface area contributed by atoms with Gasteiger partial charge in [-0.15, -0.1) is 0 Å². The van der Waals surface area contributed by atoms with E-state index in [1.807, 2.05) is 63.2 Å². The summed E-state index contributed by atoms with van der Waals surface area (Å²) in [6.07, 6.45) is 0. The second-order valence-corrected chi connectivity index (χ2v) is 6.91. The summed E-state index contributed by atoms with van der Waals surface area (Å²) in [7, 11) is 1.57. The highest BCUT2D eigenvalue weighted by atomic mass is 16.5. The van der Waals surface area contributed by atoms with E-state index < -0.39 is 6.04 Å². The van der Waals surface area contributed by atoms with Crippen molar-refractivity contribution >= 4 is 11.8 Å². The molecule has 5 nitrogen and oxygen atoms in total. The Hall–Kier alpha value is -2.82. The van der Waals surface area contributed by atoms with Gasteiger partial charge in [0.05, 0.1) is 0 Å². The lowest BCUT2D eigenvalue weighted by molar-refractivity contribution is -0.142. The minimum absolute atomic E-state index is 0.115. The van der Waals surface area contributed by atoms with Crippen molar-refractivity contribution in [1.29, 1.82) is 0 Å². The van der Waals surface area contributed by atoms with Crippen LogP contribution < -0.4 is 10.1 Å². The Bertz CT molecular complexity index is 779. The molecule has 1 atom stereocenters. The molecule has 0 aliphatic heterocycles. The number of benzene rings is 2. The van der Waals surface area contributed by atoms with Crippen molar-refractivity contribution in [3.05, 3.63) is 64.7 Å². The van der Waals surface area contributed by atoms with Crippen LogP contribution in [0.3, 0.4) is 0 Å². The van der Waals surface area contributed by atoms with Crippen LogP contribution in [0.15, 0.2) is 42.5 Å². The van der Waals surface area contributed by atoms with Gasteiger partial charge in [-0.2, -0.15) is 0 Å². The Kier molecular flexibility index (Phi) is 6.99. The lowest BCUT2D eigenvalue weighted by Gasteiger charge is -2.28. The first-order chi connectivity index (χ1) is 12.8. The lowest BCUT2D eigenvalue weighted by atomic mass is 10.1. The van der Waals surface area contributed by atoms with Crippen molar-refractivity contribution < 1.29 is 14.3 Å². The van der Waals surface area contributed by atoms with Crippen LogP contribution in [-0.4, -0.2) is 36.4 Å². The second-order valence-electron chi connectivity index (χ2n) is 6.91. The van der Waals surface area contributed by atoms with Gasteiger partial charge in [0.15, 0.2) is 6.61 Å². The number of hydrogen-bond donors (Lipinski definition) is 1. The van der Waals surface area contributed by atoms with Crippen LogP contribution in [0.4, 0.5) is 0 Å². The number of amides is 2. The molecule has 0 spiro atoms. The molecule has 2 amide bonds. The van der Waals surface area contributed by atoms with Crippen molar-refractivity contribution in [2.45, 2.75) is 40.3 Å². The standard InChI is InChI=1S/C22H28N2O3/c1-15-6-8-19(9-7-15)13-24(18(4)22(26)23-5)21(25)14-27-20-11-16(2)10-17(3)12-20/h6-12,18H,13-14H2,1-5H3,(H,23,26)/t18-/m1/s1. The Labute approximate surface area is 161 Å². The molecule has 2 aromatic carbocycles. The number of rotatable bonds is 7. The third kappa shape index (κ3) is 5.84. The average molecular weight is 368 g/mol. The Morgan fingerprint density at radius 2 is 1.59 bits per heavy atom. The van der Waals surface area contributed by atoms with E-state index in [2.05, 4.69) is 5.32 Å². The zero-order valence-corrected chi connectivity index (χ0v) is 16.7. The molecule has 2 rings (SSSR count). The van der Waals surface area contributed by atoms with Crippen LogP contribution in [0.25, 0.3) is 0 Å². The smallest absolute Gasteiger partial charge is 0.261 e. The number of nitrogens with one attached hydrogen (secondary N) is 1. The highest BCUT2D eigenvalue weighted by Crippen LogP contribution is 2.17. The second kappa shape index (κ2) is 9.21. The predicted molar refractivity (Wildman–Crippen MR) is 107 cm³/mol. The number of ether oxygens (including phenoxy) is 1. The van der Waals surface area contributed by atoms with E-state index in [1.165, 1.54) is 0 Å². The molecular weight excluding hydrogens is 340 g/mol. The molecule has 1 N–H and O–H groups in total. The van der Waals surface area contributed by atoms with Crippen LogP contribution in [-0.2, 0) is 16.1 Å². The molecule has 0 bridgehead atoms. The largest absolute Gasteiger partial charge is 0.484 e. The van der Waals surface area contributed by atoms with E-state index in [0.29, 0.717) is 12.3 Å². The average Bonchev–Trinajstić information content (AvgIpc) is 2.63. The van der Waals surface area contributed by atoms with Gasteiger partial charge in [-0.05, 0) is 56.5 Å². The number of likely N-dealkylation sites (N-methyl/N-ethyl adjacent to an activating group) is 1. The van der Waals surface area contributed by atoms with Gasteiger partial charge in [0.2, 0.25) is 5.91 Å². The molecule has 0 fully saturated rings. The molecule has 144 valence electrons. The van der Waals surface area contributed by atoms with Crippen LogP contribution >= 0.6 is 0 Å². The fourth-order valence-corrected chi connectivity index (χ4v) is 2.93. The van der Waals surface area contributed by atoms with E-state index in [4.69, 9.17) is 4.74 Å². The summed E-state index contributed by atoms with van der Waals surface area (Å²) in [4.78, 5) is 26.5. The van der Waals surface area contributed by atoms with Crippen molar-refractivity contribution in [3.8, 4) is 5.75 Å². The summed E-state index contributed by atoms with van der Waals surface area (Å²) >= 11 is 0. The van der Waals surface area contributed by atoms with E-state index in [9.17, 15) is 9.59 Å². The maximum absolute atomic E-state index is 12.8. The quantitative estimate of drug-likeness (QED) is 0.817. The first-order valence-corrected chi connectivity index (χ1v) is 9.08. The monoisotopic (exact) mass is 368 g/mol. The van der Waals surface area contributed by atoms with Gasteiger partial charge in [0, 0.05) is 13.6 Å². The molecule has 0 heterocycles. The minimum Gasteiger partial charge on any atom is -0.484 e. The topological polar surface area (TPSA) is 58.6 Å². The Morgan fingerprint density at radius 3 is 2.15 bits per heavy atom. The number of hydrogen-bond acceptors (Lipinski definition) is 3. The molecule has 0 aliphatic rings. The lowest BCUT2D eigenvalue weighted by Crippen LogP contribution is -2.48. The van der Waals surface area contributed by atoms with Crippen LogP contribution in [0.5, 0.6) is 5.75 Å². The summed E-state index contributed by atoms with van der Waals surface area (Å²) < 4.78 is 5.71. The van der Waals surface area contributed by atoms with Gasteiger partial charge in [-0.1, -0.05) is 35.9 Å². The zero-order chi connectivity index (χ0) is 20.0. The van der Waals surface area contributed by atoms with Crippen LogP contribution in [0.1, 0.15) is 29.2 Å². The third-order valence-electron chi connectivity index (χ3n) is 4.44. The number of carbonyl (C=O) groups is 2. The Balaban J connectivity index is 2.14. The fraction of sp³-hybridized carbons (Fsp3) is 0.364. The van der Waals surface area contributed by atoms with E-state index in [1.54, 1.807) is 18.9 Å². The SMILES string of the molecule is CNC(=O)[C@@H](C)N(Cc1ccc(C)cc1)C(=O)COc1cc(C)cc(C)c1. The maximum Gasteiger partial charge on any atom is 0.261 e. The van der Waals surface area contributed by atoms with Crippen molar-refractivity contribution in [1.82, 2.24) is 10.2 Å².